The second-order valence-corrected chi connectivity index (χ2v) is 4.20. The van der Waals surface area contributed by atoms with E-state index in [1.54, 1.807) is 37.4 Å². The van der Waals surface area contributed by atoms with E-state index >= 15 is 0 Å². The predicted molar refractivity (Wildman–Crippen MR) is 68.1 cm³/mol. The number of hydrogen-bond donors (Lipinski definition) is 3. The van der Waals surface area contributed by atoms with Gasteiger partial charge in [0.15, 0.2) is 5.54 Å². The first-order chi connectivity index (χ1) is 8.50. The largest absolute Gasteiger partial charge is 0.479 e. The lowest BCUT2D eigenvalue weighted by atomic mass is 9.92. The number of carbonyl (C=O) groups excluding carboxylic acids is 1. The number of benzene rings is 1. The minimum Gasteiger partial charge on any atom is -0.479 e. The van der Waals surface area contributed by atoms with E-state index in [4.69, 9.17) is 0 Å². The van der Waals surface area contributed by atoms with Gasteiger partial charge >= 0.3 is 5.97 Å². The van der Waals surface area contributed by atoms with Crippen LogP contribution < -0.4 is 10.6 Å². The average molecular weight is 250 g/mol. The lowest BCUT2D eigenvalue weighted by Gasteiger charge is -2.26. The van der Waals surface area contributed by atoms with E-state index in [0.29, 0.717) is 12.1 Å². The SMILES string of the molecule is CNCCC(=O)NC(C)(C(=O)O)c1ccccc1. The smallest absolute Gasteiger partial charge is 0.333 e. The second kappa shape index (κ2) is 6.16. The summed E-state index contributed by atoms with van der Waals surface area (Å²) < 4.78 is 0. The topological polar surface area (TPSA) is 78.4 Å². The molecule has 0 saturated carbocycles. The molecule has 0 spiro atoms. The van der Waals surface area contributed by atoms with E-state index in [1.165, 1.54) is 6.92 Å². The molecule has 0 saturated heterocycles. The van der Waals surface area contributed by atoms with Crippen LogP contribution in [0.1, 0.15) is 18.9 Å². The number of aliphatic carboxylic acids is 1. The summed E-state index contributed by atoms with van der Waals surface area (Å²) in [4.78, 5) is 23.1. The molecule has 5 nitrogen and oxygen atoms in total. The third kappa shape index (κ3) is 3.30. The fourth-order valence-electron chi connectivity index (χ4n) is 1.60. The van der Waals surface area contributed by atoms with Crippen molar-refractivity contribution in [1.29, 1.82) is 0 Å². The quantitative estimate of drug-likeness (QED) is 0.695. The first-order valence-electron chi connectivity index (χ1n) is 5.75. The lowest BCUT2D eigenvalue weighted by molar-refractivity contribution is -0.147. The Kier molecular flexibility index (Phi) is 4.85. The number of nitrogens with one attached hydrogen (secondary N) is 2. The summed E-state index contributed by atoms with van der Waals surface area (Å²) in [7, 11) is 1.74. The molecule has 0 aliphatic rings. The molecule has 98 valence electrons. The van der Waals surface area contributed by atoms with Crippen LogP contribution in [0.3, 0.4) is 0 Å². The summed E-state index contributed by atoms with van der Waals surface area (Å²) in [6.45, 7) is 2.00. The molecule has 1 amide bonds. The van der Waals surface area contributed by atoms with Crippen LogP contribution in [0.2, 0.25) is 0 Å². The summed E-state index contributed by atoms with van der Waals surface area (Å²) in [6, 6.07) is 8.67. The van der Waals surface area contributed by atoms with Crippen molar-refractivity contribution in [2.24, 2.45) is 0 Å². The molecule has 0 radical (unpaired) electrons. The van der Waals surface area contributed by atoms with Crippen molar-refractivity contribution in [3.8, 4) is 0 Å². The molecular weight excluding hydrogens is 232 g/mol. The number of rotatable bonds is 6. The minimum absolute atomic E-state index is 0.242. The molecule has 0 fully saturated rings. The summed E-state index contributed by atoms with van der Waals surface area (Å²) in [5.41, 5.74) is -0.846. The van der Waals surface area contributed by atoms with Gasteiger partial charge in [0.25, 0.3) is 0 Å². The maximum Gasteiger partial charge on any atom is 0.333 e. The third-order valence-electron chi connectivity index (χ3n) is 2.77. The van der Waals surface area contributed by atoms with Gasteiger partial charge in [-0.15, -0.1) is 0 Å². The van der Waals surface area contributed by atoms with E-state index in [9.17, 15) is 14.7 Å². The van der Waals surface area contributed by atoms with Crippen LogP contribution in [-0.2, 0) is 15.1 Å². The number of carboxylic acid groups (broad SMARTS) is 1. The van der Waals surface area contributed by atoms with Crippen molar-refractivity contribution < 1.29 is 14.7 Å². The molecular formula is C13H18N2O3. The molecule has 1 aromatic carbocycles. The van der Waals surface area contributed by atoms with Crippen LogP contribution in [0.5, 0.6) is 0 Å². The van der Waals surface area contributed by atoms with Gasteiger partial charge in [-0.1, -0.05) is 30.3 Å². The van der Waals surface area contributed by atoms with Gasteiger partial charge in [0.05, 0.1) is 0 Å². The van der Waals surface area contributed by atoms with Gasteiger partial charge < -0.3 is 15.7 Å². The molecule has 0 bridgehead atoms. The maximum absolute atomic E-state index is 11.7. The Labute approximate surface area is 106 Å². The lowest BCUT2D eigenvalue weighted by Crippen LogP contribution is -2.49. The standard InChI is InChI=1S/C13H18N2O3/c1-13(12(17)18,10-6-4-3-5-7-10)15-11(16)8-9-14-2/h3-7,14H,8-9H2,1-2H3,(H,15,16)(H,17,18). The molecule has 0 heterocycles. The molecule has 1 rings (SSSR count). The Balaban J connectivity index is 2.89. The molecule has 1 unspecified atom stereocenters. The molecule has 0 aliphatic heterocycles. The van der Waals surface area contributed by atoms with Crippen molar-refractivity contribution in [2.75, 3.05) is 13.6 Å². The fourth-order valence-corrected chi connectivity index (χ4v) is 1.60. The van der Waals surface area contributed by atoms with Crippen LogP contribution in [0.15, 0.2) is 30.3 Å². The molecule has 5 heteroatoms. The Hall–Kier alpha value is -1.88. The van der Waals surface area contributed by atoms with Gasteiger partial charge in [-0.25, -0.2) is 4.79 Å². The number of carbonyl (C=O) groups is 2. The van der Waals surface area contributed by atoms with Gasteiger partial charge in [0, 0.05) is 13.0 Å². The number of amides is 1. The van der Waals surface area contributed by atoms with Gasteiger partial charge in [-0.3, -0.25) is 4.79 Å². The second-order valence-electron chi connectivity index (χ2n) is 4.20. The molecule has 18 heavy (non-hydrogen) atoms. The molecule has 0 aromatic heterocycles. The van der Waals surface area contributed by atoms with Crippen LogP contribution in [-0.4, -0.2) is 30.6 Å². The third-order valence-corrected chi connectivity index (χ3v) is 2.77. The highest BCUT2D eigenvalue weighted by atomic mass is 16.4. The molecule has 0 aliphatic carbocycles. The zero-order valence-electron chi connectivity index (χ0n) is 10.6. The van der Waals surface area contributed by atoms with Crippen LogP contribution in [0, 0.1) is 0 Å². The van der Waals surface area contributed by atoms with Gasteiger partial charge in [0.2, 0.25) is 5.91 Å². The highest BCUT2D eigenvalue weighted by molar-refractivity contribution is 5.87. The van der Waals surface area contributed by atoms with Crippen LogP contribution in [0.4, 0.5) is 0 Å². The van der Waals surface area contributed by atoms with Crippen LogP contribution >= 0.6 is 0 Å². The average Bonchev–Trinajstić information content (AvgIpc) is 2.37. The normalized spacial score (nSPS) is 13.7. The minimum atomic E-state index is -1.40. The van der Waals surface area contributed by atoms with Gasteiger partial charge in [0.1, 0.15) is 0 Å². The number of hydrogen-bond acceptors (Lipinski definition) is 3. The maximum atomic E-state index is 11.7. The van der Waals surface area contributed by atoms with Gasteiger partial charge in [-0.2, -0.15) is 0 Å². The zero-order chi connectivity index (χ0) is 13.6. The zero-order valence-corrected chi connectivity index (χ0v) is 10.6. The van der Waals surface area contributed by atoms with E-state index in [2.05, 4.69) is 10.6 Å². The monoisotopic (exact) mass is 250 g/mol. The summed E-state index contributed by atoms with van der Waals surface area (Å²) >= 11 is 0. The highest BCUT2D eigenvalue weighted by Crippen LogP contribution is 2.20. The van der Waals surface area contributed by atoms with Crippen molar-refractivity contribution in [3.05, 3.63) is 35.9 Å². The summed E-state index contributed by atoms with van der Waals surface area (Å²) in [5, 5.41) is 14.7. The molecule has 3 N–H and O–H groups in total. The van der Waals surface area contributed by atoms with Crippen molar-refractivity contribution >= 4 is 11.9 Å². The Bertz CT molecular complexity index is 420. The predicted octanol–water partition coefficient (Wildman–Crippen LogP) is 0.712. The first-order valence-corrected chi connectivity index (χ1v) is 5.75. The Morgan fingerprint density at radius 1 is 1.28 bits per heavy atom. The van der Waals surface area contributed by atoms with Crippen molar-refractivity contribution in [1.82, 2.24) is 10.6 Å². The molecule has 1 aromatic rings. The summed E-state index contributed by atoms with van der Waals surface area (Å²) in [6.07, 6.45) is 0.242. The van der Waals surface area contributed by atoms with E-state index in [1.807, 2.05) is 0 Å². The molecule has 1 atom stereocenters. The Morgan fingerprint density at radius 3 is 2.39 bits per heavy atom. The van der Waals surface area contributed by atoms with Crippen molar-refractivity contribution in [2.45, 2.75) is 18.9 Å². The Morgan fingerprint density at radius 2 is 1.89 bits per heavy atom. The fraction of sp³-hybridized carbons (Fsp3) is 0.385. The first kappa shape index (κ1) is 14.2. The van der Waals surface area contributed by atoms with Crippen molar-refractivity contribution in [3.63, 3.8) is 0 Å². The van der Waals surface area contributed by atoms with Crippen LogP contribution in [0.25, 0.3) is 0 Å². The van der Waals surface area contributed by atoms with E-state index in [0.717, 1.165) is 0 Å². The number of carboxylic acids is 1. The van der Waals surface area contributed by atoms with E-state index < -0.39 is 11.5 Å². The highest BCUT2D eigenvalue weighted by Gasteiger charge is 2.36. The van der Waals surface area contributed by atoms with Gasteiger partial charge in [-0.05, 0) is 19.5 Å². The van der Waals surface area contributed by atoms with E-state index in [-0.39, 0.29) is 12.3 Å². The summed E-state index contributed by atoms with van der Waals surface area (Å²) in [5.74, 6) is -1.37.